The Labute approximate surface area is 160 Å². The Bertz CT molecular complexity index is 327. The van der Waals surface area contributed by atoms with Gasteiger partial charge >= 0.3 is 0 Å². The van der Waals surface area contributed by atoms with Crippen LogP contribution in [-0.2, 0) is 8.92 Å². The van der Waals surface area contributed by atoms with Gasteiger partial charge in [-0.25, -0.2) is 0 Å². The fraction of sp³-hybridized carbons (Fsp3) is 1.00. The molecule has 148 valence electrons. The van der Waals surface area contributed by atoms with E-state index in [9.17, 15) is 0 Å². The minimum Gasteiger partial charge on any atom is -0.378 e. The third-order valence-corrected chi connectivity index (χ3v) is 6.44. The molecule has 0 spiro atoms. The van der Waals surface area contributed by atoms with Crippen molar-refractivity contribution in [3.05, 3.63) is 0 Å². The van der Waals surface area contributed by atoms with Gasteiger partial charge in [0.25, 0.3) is 0 Å². The maximum absolute atomic E-state index is 5.81. The minimum atomic E-state index is 0.412. The Hall–Kier alpha value is 0.190. The van der Waals surface area contributed by atoms with E-state index in [1.165, 1.54) is 71.4 Å². The van der Waals surface area contributed by atoms with Crippen molar-refractivity contribution >= 4 is 12.0 Å². The molecule has 2 heterocycles. The van der Waals surface area contributed by atoms with E-state index in [1.807, 2.05) is 0 Å². The summed E-state index contributed by atoms with van der Waals surface area (Å²) in [6, 6.07) is 0. The highest BCUT2D eigenvalue weighted by atomic mass is 32.2. The Morgan fingerprint density at radius 1 is 1.00 bits per heavy atom. The molecule has 5 heteroatoms. The van der Waals surface area contributed by atoms with Gasteiger partial charge in [-0.3, -0.25) is 0 Å². The zero-order chi connectivity index (χ0) is 17.7. The molecule has 0 radical (unpaired) electrons. The molecule has 0 N–H and O–H groups in total. The predicted octanol–water partition coefficient (Wildman–Crippen LogP) is 4.05. The number of hydrogen-bond donors (Lipinski definition) is 0. The van der Waals surface area contributed by atoms with Gasteiger partial charge in [-0.05, 0) is 83.0 Å². The molecular weight excluding hydrogens is 332 g/mol. The quantitative estimate of drug-likeness (QED) is 0.359. The van der Waals surface area contributed by atoms with Crippen LogP contribution in [0.2, 0.25) is 0 Å². The van der Waals surface area contributed by atoms with Crippen molar-refractivity contribution in [2.24, 2.45) is 5.92 Å². The second-order valence-corrected chi connectivity index (χ2v) is 8.57. The van der Waals surface area contributed by atoms with Crippen LogP contribution in [0.1, 0.15) is 58.8 Å². The monoisotopic (exact) mass is 372 g/mol. The van der Waals surface area contributed by atoms with E-state index in [0.717, 1.165) is 37.7 Å². The van der Waals surface area contributed by atoms with Crippen molar-refractivity contribution in [2.75, 3.05) is 58.2 Å². The summed E-state index contributed by atoms with van der Waals surface area (Å²) >= 11 is 1.70. The first-order chi connectivity index (χ1) is 12.3. The van der Waals surface area contributed by atoms with Crippen LogP contribution in [0.15, 0.2) is 0 Å². The molecule has 0 amide bonds. The van der Waals surface area contributed by atoms with Crippen molar-refractivity contribution < 1.29 is 8.92 Å². The normalized spacial score (nSPS) is 24.0. The SMILES string of the molecule is CCC(C)OCCCN1CCC(CSOCCCN2CCCCC2)C1. The van der Waals surface area contributed by atoms with Gasteiger partial charge in [0.2, 0.25) is 0 Å². The lowest BCUT2D eigenvalue weighted by Crippen LogP contribution is -2.31. The first-order valence-corrected chi connectivity index (χ1v) is 11.5. The number of likely N-dealkylation sites (tertiary alicyclic amines) is 2. The van der Waals surface area contributed by atoms with E-state index in [1.54, 1.807) is 12.0 Å². The van der Waals surface area contributed by atoms with Crippen LogP contribution in [0.25, 0.3) is 0 Å². The van der Waals surface area contributed by atoms with Crippen molar-refractivity contribution in [3.63, 3.8) is 0 Å². The molecule has 0 bridgehead atoms. The maximum Gasteiger partial charge on any atom is 0.0626 e. The van der Waals surface area contributed by atoms with Gasteiger partial charge in [0.1, 0.15) is 0 Å². The first-order valence-electron chi connectivity index (χ1n) is 10.6. The first kappa shape index (κ1) is 21.5. The van der Waals surface area contributed by atoms with E-state index in [-0.39, 0.29) is 0 Å². The molecule has 4 nitrogen and oxygen atoms in total. The molecular formula is C20H40N2O2S. The van der Waals surface area contributed by atoms with Crippen molar-refractivity contribution in [1.29, 1.82) is 0 Å². The predicted molar refractivity (Wildman–Crippen MR) is 108 cm³/mol. The van der Waals surface area contributed by atoms with Gasteiger partial charge in [0.05, 0.1) is 12.7 Å². The third kappa shape index (κ3) is 9.62. The molecule has 0 aliphatic carbocycles. The maximum atomic E-state index is 5.81. The lowest BCUT2D eigenvalue weighted by Gasteiger charge is -2.26. The molecule has 2 unspecified atom stereocenters. The van der Waals surface area contributed by atoms with Gasteiger partial charge in [-0.2, -0.15) is 0 Å². The molecule has 2 aliphatic rings. The van der Waals surface area contributed by atoms with Crippen LogP contribution in [-0.4, -0.2) is 74.1 Å². The highest BCUT2D eigenvalue weighted by Crippen LogP contribution is 2.21. The molecule has 0 aromatic carbocycles. The van der Waals surface area contributed by atoms with Gasteiger partial charge in [0.15, 0.2) is 0 Å². The average Bonchev–Trinajstić information content (AvgIpc) is 3.10. The lowest BCUT2D eigenvalue weighted by atomic mass is 10.1. The highest BCUT2D eigenvalue weighted by Gasteiger charge is 2.22. The van der Waals surface area contributed by atoms with Gasteiger partial charge in [-0.1, -0.05) is 13.3 Å². The van der Waals surface area contributed by atoms with E-state index >= 15 is 0 Å². The molecule has 2 fully saturated rings. The van der Waals surface area contributed by atoms with Crippen LogP contribution >= 0.6 is 12.0 Å². The molecule has 0 aromatic rings. The second kappa shape index (κ2) is 13.4. The van der Waals surface area contributed by atoms with Crippen LogP contribution in [0.5, 0.6) is 0 Å². The van der Waals surface area contributed by atoms with E-state index in [0.29, 0.717) is 6.10 Å². The summed E-state index contributed by atoms with van der Waals surface area (Å²) in [5, 5.41) is 0. The van der Waals surface area contributed by atoms with Crippen LogP contribution in [0.4, 0.5) is 0 Å². The van der Waals surface area contributed by atoms with Crippen LogP contribution < -0.4 is 0 Å². The van der Waals surface area contributed by atoms with Crippen LogP contribution in [0.3, 0.4) is 0 Å². The Morgan fingerprint density at radius 3 is 2.56 bits per heavy atom. The summed E-state index contributed by atoms with van der Waals surface area (Å²) in [4.78, 5) is 5.19. The summed E-state index contributed by atoms with van der Waals surface area (Å²) < 4.78 is 11.6. The van der Waals surface area contributed by atoms with Gasteiger partial charge in [-0.15, -0.1) is 0 Å². The summed E-state index contributed by atoms with van der Waals surface area (Å²) in [6.07, 6.45) is 9.39. The summed E-state index contributed by atoms with van der Waals surface area (Å²) in [5.41, 5.74) is 0. The fourth-order valence-electron chi connectivity index (χ4n) is 3.68. The molecule has 2 aliphatic heterocycles. The zero-order valence-electron chi connectivity index (χ0n) is 16.6. The topological polar surface area (TPSA) is 24.9 Å². The summed E-state index contributed by atoms with van der Waals surface area (Å²) in [7, 11) is 0. The van der Waals surface area contributed by atoms with Crippen molar-refractivity contribution in [2.45, 2.75) is 64.9 Å². The van der Waals surface area contributed by atoms with Gasteiger partial charge < -0.3 is 18.7 Å². The number of ether oxygens (including phenoxy) is 1. The molecule has 25 heavy (non-hydrogen) atoms. The molecule has 0 aromatic heterocycles. The molecule has 0 saturated carbocycles. The zero-order valence-corrected chi connectivity index (χ0v) is 17.4. The Kier molecular flexibility index (Phi) is 11.5. The highest BCUT2D eigenvalue weighted by molar-refractivity contribution is 7.94. The van der Waals surface area contributed by atoms with Gasteiger partial charge in [0, 0.05) is 32.0 Å². The van der Waals surface area contributed by atoms with E-state index in [4.69, 9.17) is 8.92 Å². The Balaban J connectivity index is 1.38. The fourth-order valence-corrected chi connectivity index (χ4v) is 4.47. The number of rotatable bonds is 13. The number of hydrogen-bond acceptors (Lipinski definition) is 5. The summed E-state index contributed by atoms with van der Waals surface area (Å²) in [5.74, 6) is 1.96. The smallest absolute Gasteiger partial charge is 0.0626 e. The largest absolute Gasteiger partial charge is 0.378 e. The number of piperidine rings is 1. The number of nitrogens with zero attached hydrogens (tertiary/aromatic N) is 2. The van der Waals surface area contributed by atoms with Crippen molar-refractivity contribution in [1.82, 2.24) is 9.80 Å². The Morgan fingerprint density at radius 2 is 1.76 bits per heavy atom. The minimum absolute atomic E-state index is 0.412. The van der Waals surface area contributed by atoms with E-state index < -0.39 is 0 Å². The second-order valence-electron chi connectivity index (χ2n) is 7.76. The average molecular weight is 373 g/mol. The molecule has 2 atom stereocenters. The standard InChI is InChI=1S/C20H40N2O2S/c1-3-19(2)23-15-7-13-22-14-9-20(17-22)18-25-24-16-8-12-21-10-5-4-6-11-21/h19-20H,3-18H2,1-2H3. The lowest BCUT2D eigenvalue weighted by molar-refractivity contribution is 0.0576. The van der Waals surface area contributed by atoms with E-state index in [2.05, 4.69) is 23.6 Å². The molecule has 2 saturated heterocycles. The summed E-state index contributed by atoms with van der Waals surface area (Å²) in [6.45, 7) is 13.7. The van der Waals surface area contributed by atoms with Crippen LogP contribution in [0, 0.1) is 5.92 Å². The molecule has 2 rings (SSSR count). The third-order valence-electron chi connectivity index (χ3n) is 5.50. The van der Waals surface area contributed by atoms with Crippen molar-refractivity contribution in [3.8, 4) is 0 Å².